The molecule has 2 heterocycles. The molecule has 132 valence electrons. The summed E-state index contributed by atoms with van der Waals surface area (Å²) in [4.78, 5) is 11.1. The predicted octanol–water partition coefficient (Wildman–Crippen LogP) is 4.77. The van der Waals surface area contributed by atoms with Gasteiger partial charge in [-0.2, -0.15) is 0 Å². The van der Waals surface area contributed by atoms with E-state index in [-0.39, 0.29) is 0 Å². The van der Waals surface area contributed by atoms with Crippen LogP contribution in [0.2, 0.25) is 0 Å². The molecule has 0 saturated heterocycles. The highest BCUT2D eigenvalue weighted by Crippen LogP contribution is 2.40. The van der Waals surface area contributed by atoms with Crippen molar-refractivity contribution in [2.24, 2.45) is 16.8 Å². The van der Waals surface area contributed by atoms with E-state index in [4.69, 9.17) is 4.99 Å². The summed E-state index contributed by atoms with van der Waals surface area (Å²) < 4.78 is 0. The zero-order chi connectivity index (χ0) is 18.1. The lowest BCUT2D eigenvalue weighted by atomic mass is 9.76. The van der Waals surface area contributed by atoms with Crippen molar-refractivity contribution in [3.63, 3.8) is 0 Å². The molecular weight excluding hydrogens is 318 g/mol. The van der Waals surface area contributed by atoms with Crippen LogP contribution in [-0.2, 0) is 6.42 Å². The van der Waals surface area contributed by atoms with E-state index in [0.29, 0.717) is 11.8 Å². The van der Waals surface area contributed by atoms with Gasteiger partial charge >= 0.3 is 0 Å². The van der Waals surface area contributed by atoms with Crippen LogP contribution in [0.25, 0.3) is 5.57 Å². The molecule has 3 nitrogen and oxygen atoms in total. The summed E-state index contributed by atoms with van der Waals surface area (Å²) in [5.41, 5.74) is 7.80. The molecule has 0 saturated carbocycles. The van der Waals surface area contributed by atoms with E-state index >= 15 is 0 Å². The molecule has 26 heavy (non-hydrogen) atoms. The van der Waals surface area contributed by atoms with Crippen LogP contribution in [0.3, 0.4) is 0 Å². The fraction of sp³-hybridized carbons (Fsp3) is 0.304. The first-order chi connectivity index (χ1) is 12.6. The van der Waals surface area contributed by atoms with E-state index in [1.807, 2.05) is 12.4 Å². The molecule has 2 aliphatic rings. The first-order valence-corrected chi connectivity index (χ1v) is 9.27. The first-order valence-electron chi connectivity index (χ1n) is 9.27. The Morgan fingerprint density at radius 2 is 1.92 bits per heavy atom. The minimum absolute atomic E-state index is 0.407. The number of hydrogen-bond acceptors (Lipinski definition) is 3. The van der Waals surface area contributed by atoms with E-state index in [1.165, 1.54) is 33.7 Å². The van der Waals surface area contributed by atoms with E-state index in [1.54, 1.807) is 0 Å². The van der Waals surface area contributed by atoms with Crippen LogP contribution in [0.5, 0.6) is 0 Å². The number of allylic oxidation sites excluding steroid dienone is 3. The topological polar surface area (TPSA) is 28.5 Å². The van der Waals surface area contributed by atoms with Crippen molar-refractivity contribution in [1.82, 2.24) is 4.98 Å². The van der Waals surface area contributed by atoms with Crippen molar-refractivity contribution in [2.45, 2.75) is 19.8 Å². The van der Waals surface area contributed by atoms with Crippen LogP contribution in [-0.4, -0.2) is 24.8 Å². The Morgan fingerprint density at radius 3 is 2.69 bits per heavy atom. The number of aliphatic imine (C=N–C) groups is 1. The Labute approximate surface area is 155 Å². The van der Waals surface area contributed by atoms with E-state index in [0.717, 1.165) is 12.8 Å². The normalized spacial score (nSPS) is 21.6. The standard InChI is InChI=1S/C23H25N3/c1-16-11-19(13-17-5-4-6-20(14-17)26(2)3)23-21(12-16)22(15-25-23)18-7-9-24-10-8-18/h4-11,14-16,21H,12-13H2,1-3H3. The summed E-state index contributed by atoms with van der Waals surface area (Å²) in [6, 6.07) is 13.0. The number of rotatable bonds is 4. The summed E-state index contributed by atoms with van der Waals surface area (Å²) in [5.74, 6) is 0.971. The molecule has 3 heteroatoms. The Balaban J connectivity index is 1.60. The molecule has 0 spiro atoms. The molecule has 0 N–H and O–H groups in total. The maximum absolute atomic E-state index is 4.84. The Bertz CT molecular complexity index is 891. The van der Waals surface area contributed by atoms with E-state index in [2.05, 4.69) is 79.6 Å². The second kappa shape index (κ2) is 6.91. The highest BCUT2D eigenvalue weighted by Gasteiger charge is 2.32. The van der Waals surface area contributed by atoms with Gasteiger partial charge in [-0.05, 0) is 65.3 Å². The van der Waals surface area contributed by atoms with Crippen LogP contribution in [0.1, 0.15) is 24.5 Å². The van der Waals surface area contributed by atoms with Gasteiger partial charge in [-0.3, -0.25) is 9.98 Å². The summed E-state index contributed by atoms with van der Waals surface area (Å²) >= 11 is 0. The van der Waals surface area contributed by atoms with Gasteiger partial charge in [0.05, 0.1) is 5.71 Å². The molecule has 1 aromatic heterocycles. The maximum Gasteiger partial charge on any atom is 0.0511 e. The molecule has 1 aliphatic heterocycles. The monoisotopic (exact) mass is 343 g/mol. The van der Waals surface area contributed by atoms with Crippen molar-refractivity contribution in [3.05, 3.63) is 77.8 Å². The average molecular weight is 343 g/mol. The van der Waals surface area contributed by atoms with Crippen molar-refractivity contribution in [2.75, 3.05) is 19.0 Å². The minimum atomic E-state index is 0.407. The van der Waals surface area contributed by atoms with Gasteiger partial charge in [-0.1, -0.05) is 25.1 Å². The van der Waals surface area contributed by atoms with Gasteiger partial charge in [0.2, 0.25) is 0 Å². The van der Waals surface area contributed by atoms with Crippen LogP contribution in [0, 0.1) is 11.8 Å². The number of aromatic nitrogens is 1. The summed E-state index contributed by atoms with van der Waals surface area (Å²) in [5, 5.41) is 0. The summed E-state index contributed by atoms with van der Waals surface area (Å²) in [7, 11) is 4.17. The van der Waals surface area contributed by atoms with Crippen LogP contribution in [0.15, 0.2) is 71.6 Å². The quantitative estimate of drug-likeness (QED) is 0.800. The molecule has 2 aromatic rings. The smallest absolute Gasteiger partial charge is 0.0511 e. The Morgan fingerprint density at radius 1 is 1.12 bits per heavy atom. The van der Waals surface area contributed by atoms with Crippen molar-refractivity contribution in [1.29, 1.82) is 0 Å². The Hall–Kier alpha value is -2.68. The van der Waals surface area contributed by atoms with Gasteiger partial charge in [-0.15, -0.1) is 0 Å². The van der Waals surface area contributed by atoms with E-state index < -0.39 is 0 Å². The predicted molar refractivity (Wildman–Crippen MR) is 109 cm³/mol. The van der Waals surface area contributed by atoms with Crippen molar-refractivity contribution in [3.8, 4) is 0 Å². The van der Waals surface area contributed by atoms with Crippen LogP contribution < -0.4 is 4.90 Å². The molecule has 0 amide bonds. The third kappa shape index (κ3) is 3.22. The molecule has 1 aromatic carbocycles. The van der Waals surface area contributed by atoms with Gasteiger partial charge in [-0.25, -0.2) is 0 Å². The lowest BCUT2D eigenvalue weighted by molar-refractivity contribution is 0.594. The van der Waals surface area contributed by atoms with Gasteiger partial charge in [0.15, 0.2) is 0 Å². The van der Waals surface area contributed by atoms with Gasteiger partial charge in [0, 0.05) is 44.3 Å². The second-order valence-electron chi connectivity index (χ2n) is 7.53. The zero-order valence-corrected chi connectivity index (χ0v) is 15.7. The SMILES string of the molecule is CC1C=C(Cc2cccc(N(C)C)c2)C2=NC=C(c3ccncc3)C2C1. The van der Waals surface area contributed by atoms with Gasteiger partial charge in [0.25, 0.3) is 0 Å². The minimum Gasteiger partial charge on any atom is -0.378 e. The largest absolute Gasteiger partial charge is 0.378 e. The lowest BCUT2D eigenvalue weighted by Crippen LogP contribution is -2.24. The molecule has 2 atom stereocenters. The van der Waals surface area contributed by atoms with Gasteiger partial charge in [0.1, 0.15) is 0 Å². The molecule has 1 aliphatic carbocycles. The number of pyridine rings is 1. The average Bonchev–Trinajstić information content (AvgIpc) is 3.06. The number of anilines is 1. The lowest BCUT2D eigenvalue weighted by Gasteiger charge is -2.27. The summed E-state index contributed by atoms with van der Waals surface area (Å²) in [6.45, 7) is 2.31. The summed E-state index contributed by atoms with van der Waals surface area (Å²) in [6.07, 6.45) is 10.3. The molecule has 2 unspecified atom stereocenters. The molecule has 4 rings (SSSR count). The van der Waals surface area contributed by atoms with Crippen molar-refractivity contribution < 1.29 is 0 Å². The first kappa shape index (κ1) is 16.8. The molecule has 0 radical (unpaired) electrons. The second-order valence-corrected chi connectivity index (χ2v) is 7.53. The fourth-order valence-electron chi connectivity index (χ4n) is 4.01. The zero-order valence-electron chi connectivity index (χ0n) is 15.7. The van der Waals surface area contributed by atoms with Crippen LogP contribution in [0.4, 0.5) is 5.69 Å². The number of benzene rings is 1. The highest BCUT2D eigenvalue weighted by molar-refractivity contribution is 6.11. The molecule has 0 bridgehead atoms. The van der Waals surface area contributed by atoms with Crippen LogP contribution >= 0.6 is 0 Å². The van der Waals surface area contributed by atoms with Gasteiger partial charge < -0.3 is 4.90 Å². The molecular formula is C23H25N3. The number of fused-ring (bicyclic) bond motifs is 1. The number of nitrogens with zero attached hydrogens (tertiary/aromatic N) is 3. The number of hydrogen-bond donors (Lipinski definition) is 0. The Kier molecular flexibility index (Phi) is 4.46. The van der Waals surface area contributed by atoms with E-state index in [9.17, 15) is 0 Å². The molecule has 0 fully saturated rings. The fourth-order valence-corrected chi connectivity index (χ4v) is 4.01. The maximum atomic E-state index is 4.84. The third-order valence-corrected chi connectivity index (χ3v) is 5.31. The third-order valence-electron chi connectivity index (χ3n) is 5.31. The van der Waals surface area contributed by atoms with Crippen molar-refractivity contribution >= 4 is 17.0 Å². The highest BCUT2D eigenvalue weighted by atomic mass is 15.1.